The van der Waals surface area contributed by atoms with Crippen molar-refractivity contribution in [2.75, 3.05) is 45.1 Å². The van der Waals surface area contributed by atoms with Crippen LogP contribution in [-0.4, -0.2) is 55.5 Å². The Labute approximate surface area is 119 Å². The third-order valence-corrected chi connectivity index (χ3v) is 3.50. The van der Waals surface area contributed by atoms with E-state index in [4.69, 9.17) is 5.26 Å². The fraction of sp³-hybridized carbons (Fsp3) is 0.467. The first-order valence-corrected chi connectivity index (χ1v) is 6.89. The fourth-order valence-electron chi connectivity index (χ4n) is 2.34. The van der Waals surface area contributed by atoms with Crippen molar-refractivity contribution in [3.05, 3.63) is 29.8 Å². The second-order valence-corrected chi connectivity index (χ2v) is 5.14. The molecule has 1 fully saturated rings. The molecule has 1 heterocycles. The highest BCUT2D eigenvalue weighted by molar-refractivity contribution is 5.93. The molecular formula is C15H20N4O. The van der Waals surface area contributed by atoms with E-state index >= 15 is 0 Å². The molecule has 1 aromatic carbocycles. The molecule has 2 rings (SSSR count). The van der Waals surface area contributed by atoms with Gasteiger partial charge >= 0.3 is 0 Å². The second-order valence-electron chi connectivity index (χ2n) is 5.14. The molecule has 0 unspecified atom stereocenters. The van der Waals surface area contributed by atoms with Gasteiger partial charge in [-0.2, -0.15) is 5.26 Å². The van der Waals surface area contributed by atoms with Gasteiger partial charge in [-0.3, -0.25) is 9.69 Å². The summed E-state index contributed by atoms with van der Waals surface area (Å²) >= 11 is 0. The normalized spacial score (nSPS) is 17.2. The smallest absolute Gasteiger partial charge is 0.238 e. The summed E-state index contributed by atoms with van der Waals surface area (Å²) in [7, 11) is 2.10. The van der Waals surface area contributed by atoms with Gasteiger partial charge in [0.2, 0.25) is 5.91 Å². The van der Waals surface area contributed by atoms with Gasteiger partial charge in [0.1, 0.15) is 6.07 Å². The number of rotatable bonds is 3. The van der Waals surface area contributed by atoms with Gasteiger partial charge in [0.15, 0.2) is 0 Å². The first kappa shape index (κ1) is 14.5. The highest BCUT2D eigenvalue weighted by Crippen LogP contribution is 2.13. The van der Waals surface area contributed by atoms with Gasteiger partial charge in [-0.05, 0) is 38.7 Å². The molecule has 5 heteroatoms. The zero-order valence-electron chi connectivity index (χ0n) is 11.8. The van der Waals surface area contributed by atoms with Gasteiger partial charge in [0.05, 0.1) is 17.8 Å². The average molecular weight is 272 g/mol. The average Bonchev–Trinajstić information content (AvgIpc) is 2.64. The van der Waals surface area contributed by atoms with E-state index in [0.29, 0.717) is 17.8 Å². The Hall–Kier alpha value is -1.90. The van der Waals surface area contributed by atoms with E-state index in [9.17, 15) is 4.79 Å². The summed E-state index contributed by atoms with van der Waals surface area (Å²) < 4.78 is 0. The number of anilines is 1. The highest BCUT2D eigenvalue weighted by atomic mass is 16.2. The predicted octanol–water partition coefficient (Wildman–Crippen LogP) is 1.13. The number of carbonyl (C=O) groups is 1. The minimum atomic E-state index is -0.0581. The van der Waals surface area contributed by atoms with E-state index in [1.807, 2.05) is 6.07 Å². The topological polar surface area (TPSA) is 59.4 Å². The number of amides is 1. The Bertz CT molecular complexity index is 509. The number of likely N-dealkylation sites (N-methyl/N-ethyl adjacent to an activating group) is 1. The van der Waals surface area contributed by atoms with Crippen LogP contribution < -0.4 is 5.32 Å². The van der Waals surface area contributed by atoms with Crippen LogP contribution in [0.25, 0.3) is 0 Å². The van der Waals surface area contributed by atoms with Crippen LogP contribution in [0.5, 0.6) is 0 Å². The van der Waals surface area contributed by atoms with Gasteiger partial charge in [0, 0.05) is 13.1 Å². The van der Waals surface area contributed by atoms with Crippen LogP contribution in [0.2, 0.25) is 0 Å². The molecule has 1 amide bonds. The van der Waals surface area contributed by atoms with Crippen LogP contribution in [0.15, 0.2) is 24.3 Å². The van der Waals surface area contributed by atoms with Crippen molar-refractivity contribution in [2.24, 2.45) is 0 Å². The first-order valence-electron chi connectivity index (χ1n) is 6.89. The molecule has 1 aliphatic rings. The summed E-state index contributed by atoms with van der Waals surface area (Å²) in [4.78, 5) is 16.5. The van der Waals surface area contributed by atoms with Crippen LogP contribution in [0.1, 0.15) is 12.0 Å². The van der Waals surface area contributed by atoms with Crippen molar-refractivity contribution in [2.45, 2.75) is 6.42 Å². The number of benzene rings is 1. The lowest BCUT2D eigenvalue weighted by atomic mass is 10.2. The van der Waals surface area contributed by atoms with Gasteiger partial charge in [0.25, 0.3) is 0 Å². The largest absolute Gasteiger partial charge is 0.324 e. The Morgan fingerprint density at radius 3 is 2.90 bits per heavy atom. The number of nitrogens with zero attached hydrogens (tertiary/aromatic N) is 3. The standard InChI is InChI=1S/C15H20N4O/c1-18-7-4-8-19(10-9-18)12-15(20)17-14-6-3-2-5-13(14)11-16/h2-3,5-6H,4,7-10,12H2,1H3,(H,17,20). The quantitative estimate of drug-likeness (QED) is 0.896. The molecular weight excluding hydrogens is 252 g/mol. The van der Waals surface area contributed by atoms with E-state index < -0.39 is 0 Å². The molecule has 1 saturated heterocycles. The monoisotopic (exact) mass is 272 g/mol. The van der Waals surface area contributed by atoms with Crippen molar-refractivity contribution >= 4 is 11.6 Å². The van der Waals surface area contributed by atoms with Crippen molar-refractivity contribution in [1.29, 1.82) is 5.26 Å². The zero-order valence-corrected chi connectivity index (χ0v) is 11.8. The predicted molar refractivity (Wildman–Crippen MR) is 78.3 cm³/mol. The maximum atomic E-state index is 12.1. The van der Waals surface area contributed by atoms with Crippen molar-refractivity contribution in [3.8, 4) is 6.07 Å². The number of hydrogen-bond acceptors (Lipinski definition) is 4. The molecule has 0 radical (unpaired) electrons. The van der Waals surface area contributed by atoms with E-state index in [2.05, 4.69) is 28.2 Å². The second kappa shape index (κ2) is 7.04. The lowest BCUT2D eigenvalue weighted by Gasteiger charge is -2.19. The van der Waals surface area contributed by atoms with Crippen LogP contribution in [0, 0.1) is 11.3 Å². The van der Waals surface area contributed by atoms with Gasteiger partial charge in [-0.1, -0.05) is 12.1 Å². The molecule has 0 spiro atoms. The number of para-hydroxylation sites is 1. The molecule has 1 N–H and O–H groups in total. The molecule has 1 aromatic rings. The molecule has 0 atom stereocenters. The summed E-state index contributed by atoms with van der Waals surface area (Å²) in [6.07, 6.45) is 1.08. The zero-order chi connectivity index (χ0) is 14.4. The Kier molecular flexibility index (Phi) is 5.10. The van der Waals surface area contributed by atoms with Crippen LogP contribution in [0.4, 0.5) is 5.69 Å². The van der Waals surface area contributed by atoms with E-state index in [0.717, 1.165) is 32.6 Å². The lowest BCUT2D eigenvalue weighted by molar-refractivity contribution is -0.117. The SMILES string of the molecule is CN1CCCN(CC(=O)Nc2ccccc2C#N)CC1. The summed E-state index contributed by atoms with van der Waals surface area (Å²) in [5, 5.41) is 11.8. The summed E-state index contributed by atoms with van der Waals surface area (Å²) in [5.74, 6) is -0.0581. The molecule has 1 aliphatic heterocycles. The lowest BCUT2D eigenvalue weighted by Crippen LogP contribution is -2.36. The maximum Gasteiger partial charge on any atom is 0.238 e. The minimum Gasteiger partial charge on any atom is -0.324 e. The van der Waals surface area contributed by atoms with Gasteiger partial charge in [-0.25, -0.2) is 0 Å². The molecule has 0 saturated carbocycles. The molecule has 106 valence electrons. The molecule has 20 heavy (non-hydrogen) atoms. The minimum absolute atomic E-state index is 0.0581. The van der Waals surface area contributed by atoms with Crippen LogP contribution in [-0.2, 0) is 4.79 Å². The fourth-order valence-corrected chi connectivity index (χ4v) is 2.34. The summed E-state index contributed by atoms with van der Waals surface area (Å²) in [6.45, 7) is 4.30. The van der Waals surface area contributed by atoms with Crippen LogP contribution >= 0.6 is 0 Å². The van der Waals surface area contributed by atoms with E-state index in [-0.39, 0.29) is 5.91 Å². The van der Waals surface area contributed by atoms with Crippen LogP contribution in [0.3, 0.4) is 0 Å². The van der Waals surface area contributed by atoms with Gasteiger partial charge in [-0.15, -0.1) is 0 Å². The van der Waals surface area contributed by atoms with E-state index in [1.165, 1.54) is 0 Å². The van der Waals surface area contributed by atoms with Crippen molar-refractivity contribution in [3.63, 3.8) is 0 Å². The molecule has 5 nitrogen and oxygen atoms in total. The summed E-state index contributed by atoms with van der Waals surface area (Å²) in [5.41, 5.74) is 1.09. The van der Waals surface area contributed by atoms with E-state index in [1.54, 1.807) is 18.2 Å². The maximum absolute atomic E-state index is 12.1. The Morgan fingerprint density at radius 2 is 2.10 bits per heavy atom. The number of nitrogens with one attached hydrogen (secondary N) is 1. The Balaban J connectivity index is 1.91. The third-order valence-electron chi connectivity index (χ3n) is 3.50. The van der Waals surface area contributed by atoms with Crippen molar-refractivity contribution in [1.82, 2.24) is 9.80 Å². The number of nitriles is 1. The highest BCUT2D eigenvalue weighted by Gasteiger charge is 2.15. The molecule has 0 aromatic heterocycles. The van der Waals surface area contributed by atoms with Crippen molar-refractivity contribution < 1.29 is 4.79 Å². The first-order chi connectivity index (χ1) is 9.69. The Morgan fingerprint density at radius 1 is 1.30 bits per heavy atom. The third kappa shape index (κ3) is 4.05. The molecule has 0 aliphatic carbocycles. The molecule has 0 bridgehead atoms. The van der Waals surface area contributed by atoms with Gasteiger partial charge < -0.3 is 10.2 Å². The number of hydrogen-bond donors (Lipinski definition) is 1. The number of carbonyl (C=O) groups excluding carboxylic acids is 1. The summed E-state index contributed by atoms with van der Waals surface area (Å²) in [6, 6.07) is 9.15.